The predicted octanol–water partition coefficient (Wildman–Crippen LogP) is 0.882. The number of nitrogens with zero attached hydrogens (tertiary/aromatic N) is 1. The summed E-state index contributed by atoms with van der Waals surface area (Å²) in [6, 6.07) is 8.45. The molecule has 0 aliphatic carbocycles. The van der Waals surface area contributed by atoms with E-state index in [-0.39, 0.29) is 17.0 Å². The van der Waals surface area contributed by atoms with Gasteiger partial charge in [0.2, 0.25) is 0 Å². The van der Waals surface area contributed by atoms with Crippen LogP contribution in [0.5, 0.6) is 0 Å². The third-order valence-electron chi connectivity index (χ3n) is 3.20. The van der Waals surface area contributed by atoms with Crippen LogP contribution >= 0.6 is 0 Å². The van der Waals surface area contributed by atoms with Gasteiger partial charge in [0.25, 0.3) is 15.6 Å². The summed E-state index contributed by atoms with van der Waals surface area (Å²) in [7, 11) is -2.35. The van der Waals surface area contributed by atoms with Crippen LogP contribution in [0.4, 0.5) is 4.79 Å². The monoisotopic (exact) mass is 335 g/mol. The van der Waals surface area contributed by atoms with Gasteiger partial charge in [0.05, 0.1) is 4.90 Å². The Bertz CT molecular complexity index is 870. The Morgan fingerprint density at radius 3 is 2.48 bits per heavy atom. The van der Waals surface area contributed by atoms with E-state index in [2.05, 4.69) is 5.32 Å². The smallest absolute Gasteiger partial charge is 0.328 e. The lowest BCUT2D eigenvalue weighted by molar-refractivity contribution is 0.245. The number of aryl methyl sites for hydroxylation is 2. The molecule has 0 fully saturated rings. The molecule has 0 atom stereocenters. The Hall–Kier alpha value is -2.61. The highest BCUT2D eigenvalue weighted by Gasteiger charge is 2.17. The van der Waals surface area contributed by atoms with Crippen molar-refractivity contribution in [1.29, 1.82) is 0 Å². The summed E-state index contributed by atoms with van der Waals surface area (Å²) in [5.41, 5.74) is 1.01. The molecule has 8 heteroatoms. The molecule has 0 saturated carbocycles. The number of carbonyl (C=O) groups is 1. The molecule has 23 heavy (non-hydrogen) atoms. The predicted molar refractivity (Wildman–Crippen MR) is 85.4 cm³/mol. The number of benzene rings is 1. The Morgan fingerprint density at radius 2 is 1.83 bits per heavy atom. The van der Waals surface area contributed by atoms with E-state index in [0.717, 1.165) is 5.56 Å². The number of hydrogen-bond acceptors (Lipinski definition) is 4. The minimum Gasteiger partial charge on any atom is -0.333 e. The molecule has 0 aliphatic rings. The van der Waals surface area contributed by atoms with Crippen molar-refractivity contribution in [2.24, 2.45) is 7.05 Å². The van der Waals surface area contributed by atoms with Crippen molar-refractivity contribution >= 4 is 16.1 Å². The fourth-order valence-electron chi connectivity index (χ4n) is 1.90. The minimum absolute atomic E-state index is 0.00567. The maximum absolute atomic E-state index is 12.0. The number of pyridine rings is 1. The molecule has 2 rings (SSSR count). The van der Waals surface area contributed by atoms with E-state index in [4.69, 9.17) is 0 Å². The second kappa shape index (κ2) is 6.66. The second-order valence-electron chi connectivity index (χ2n) is 5.05. The molecule has 0 radical (unpaired) electrons. The van der Waals surface area contributed by atoms with Gasteiger partial charge in [-0.3, -0.25) is 4.79 Å². The summed E-state index contributed by atoms with van der Waals surface area (Å²) in [5.74, 6) is 0. The lowest BCUT2D eigenvalue weighted by Crippen LogP contribution is -2.40. The summed E-state index contributed by atoms with van der Waals surface area (Å²) in [4.78, 5) is 23.5. The van der Waals surface area contributed by atoms with Crippen molar-refractivity contribution in [2.75, 3.05) is 0 Å². The molecule has 1 aromatic heterocycles. The highest BCUT2D eigenvalue weighted by atomic mass is 32.2. The standard InChI is InChI=1S/C15H17N3O4S/c1-11-5-7-13(8-6-11)23(21,22)17-15(20)16-10-12-4-3-9-18(2)14(12)19/h3-9H,10H2,1-2H3,(H2,16,17,20). The first-order valence-corrected chi connectivity index (χ1v) is 8.30. The van der Waals surface area contributed by atoms with Crippen LogP contribution in [0.3, 0.4) is 0 Å². The van der Waals surface area contributed by atoms with Gasteiger partial charge in [0.1, 0.15) is 0 Å². The average molecular weight is 335 g/mol. The van der Waals surface area contributed by atoms with Crippen molar-refractivity contribution in [2.45, 2.75) is 18.4 Å². The van der Waals surface area contributed by atoms with Gasteiger partial charge in [-0.05, 0) is 25.1 Å². The van der Waals surface area contributed by atoms with Gasteiger partial charge < -0.3 is 9.88 Å². The maximum Gasteiger partial charge on any atom is 0.328 e. The van der Waals surface area contributed by atoms with Crippen LogP contribution in [-0.2, 0) is 23.6 Å². The molecule has 7 nitrogen and oxygen atoms in total. The largest absolute Gasteiger partial charge is 0.333 e. The van der Waals surface area contributed by atoms with Crippen LogP contribution in [-0.4, -0.2) is 19.0 Å². The average Bonchev–Trinajstić information content (AvgIpc) is 2.49. The molecular weight excluding hydrogens is 318 g/mol. The van der Waals surface area contributed by atoms with Crippen molar-refractivity contribution in [1.82, 2.24) is 14.6 Å². The molecule has 0 unspecified atom stereocenters. The van der Waals surface area contributed by atoms with Gasteiger partial charge >= 0.3 is 6.03 Å². The number of hydrogen-bond donors (Lipinski definition) is 2. The van der Waals surface area contributed by atoms with Gasteiger partial charge in [-0.1, -0.05) is 23.8 Å². The highest BCUT2D eigenvalue weighted by Crippen LogP contribution is 2.09. The minimum atomic E-state index is -3.94. The molecule has 0 saturated heterocycles. The van der Waals surface area contributed by atoms with Crippen LogP contribution in [0.2, 0.25) is 0 Å². The Balaban J connectivity index is 2.03. The molecular formula is C15H17N3O4S. The SMILES string of the molecule is Cc1ccc(S(=O)(=O)NC(=O)NCc2cccn(C)c2=O)cc1. The third-order valence-corrected chi connectivity index (χ3v) is 4.55. The topological polar surface area (TPSA) is 97.3 Å². The van der Waals surface area contributed by atoms with Gasteiger partial charge in [-0.2, -0.15) is 0 Å². The summed E-state index contributed by atoms with van der Waals surface area (Å²) in [5, 5.41) is 2.36. The first-order valence-electron chi connectivity index (χ1n) is 6.81. The zero-order valence-electron chi connectivity index (χ0n) is 12.7. The zero-order valence-corrected chi connectivity index (χ0v) is 13.6. The highest BCUT2D eigenvalue weighted by molar-refractivity contribution is 7.90. The van der Waals surface area contributed by atoms with Crippen LogP contribution in [0.1, 0.15) is 11.1 Å². The normalized spacial score (nSPS) is 11.0. The lowest BCUT2D eigenvalue weighted by atomic mass is 10.2. The molecule has 1 aromatic carbocycles. The van der Waals surface area contributed by atoms with Crippen LogP contribution in [0, 0.1) is 6.92 Å². The summed E-state index contributed by atoms with van der Waals surface area (Å²) in [6.07, 6.45) is 1.59. The summed E-state index contributed by atoms with van der Waals surface area (Å²) in [6.45, 7) is 1.76. The molecule has 2 amide bonds. The van der Waals surface area contributed by atoms with E-state index < -0.39 is 16.1 Å². The van der Waals surface area contributed by atoms with Gasteiger partial charge in [0.15, 0.2) is 0 Å². The number of aromatic nitrogens is 1. The van der Waals surface area contributed by atoms with E-state index in [9.17, 15) is 18.0 Å². The number of nitrogens with one attached hydrogen (secondary N) is 2. The molecule has 122 valence electrons. The summed E-state index contributed by atoms with van der Waals surface area (Å²) >= 11 is 0. The quantitative estimate of drug-likeness (QED) is 0.867. The molecule has 0 spiro atoms. The second-order valence-corrected chi connectivity index (χ2v) is 6.73. The van der Waals surface area contributed by atoms with E-state index in [1.807, 2.05) is 11.6 Å². The number of urea groups is 1. The maximum atomic E-state index is 12.0. The van der Waals surface area contributed by atoms with E-state index >= 15 is 0 Å². The first-order chi connectivity index (χ1) is 10.8. The molecule has 1 heterocycles. The van der Waals surface area contributed by atoms with Crippen LogP contribution in [0.15, 0.2) is 52.3 Å². The Kier molecular flexibility index (Phi) is 4.85. The molecule has 0 aliphatic heterocycles. The van der Waals surface area contributed by atoms with E-state index in [1.165, 1.54) is 16.7 Å². The van der Waals surface area contributed by atoms with Gasteiger partial charge in [-0.25, -0.2) is 17.9 Å². The molecule has 2 N–H and O–H groups in total. The lowest BCUT2D eigenvalue weighted by Gasteiger charge is -2.09. The molecule has 2 aromatic rings. The van der Waals surface area contributed by atoms with E-state index in [0.29, 0.717) is 5.56 Å². The van der Waals surface area contributed by atoms with E-state index in [1.54, 1.807) is 37.5 Å². The fourth-order valence-corrected chi connectivity index (χ4v) is 2.83. The van der Waals surface area contributed by atoms with Crippen molar-refractivity contribution in [3.05, 3.63) is 64.1 Å². The fraction of sp³-hybridized carbons (Fsp3) is 0.200. The van der Waals surface area contributed by atoms with Crippen LogP contribution in [0.25, 0.3) is 0 Å². The number of rotatable bonds is 4. The van der Waals surface area contributed by atoms with Gasteiger partial charge in [-0.15, -0.1) is 0 Å². The van der Waals surface area contributed by atoms with Crippen LogP contribution < -0.4 is 15.6 Å². The van der Waals surface area contributed by atoms with Crippen molar-refractivity contribution in [3.8, 4) is 0 Å². The number of carbonyl (C=O) groups excluding carboxylic acids is 1. The summed E-state index contributed by atoms with van der Waals surface area (Å²) < 4.78 is 27.4. The zero-order chi connectivity index (χ0) is 17.0. The van der Waals surface area contributed by atoms with Crippen molar-refractivity contribution in [3.63, 3.8) is 0 Å². The number of sulfonamides is 1. The van der Waals surface area contributed by atoms with Gasteiger partial charge in [0, 0.05) is 25.4 Å². The Morgan fingerprint density at radius 1 is 1.17 bits per heavy atom. The Labute approximate surface area is 134 Å². The first kappa shape index (κ1) is 16.8. The van der Waals surface area contributed by atoms with Crippen molar-refractivity contribution < 1.29 is 13.2 Å². The molecule has 0 bridgehead atoms. The number of amides is 2. The third kappa shape index (κ3) is 4.19.